The minimum absolute atomic E-state index is 0.00753. The quantitative estimate of drug-likeness (QED) is 0.515. The molecule has 4 nitrogen and oxygen atoms in total. The van der Waals surface area contributed by atoms with E-state index in [0.29, 0.717) is 19.8 Å². The van der Waals surface area contributed by atoms with Gasteiger partial charge in [-0.1, -0.05) is 0 Å². The molecule has 0 spiro atoms. The molecule has 5 heteroatoms. The highest BCUT2D eigenvalue weighted by atomic mass is 19.3. The fourth-order valence-electron chi connectivity index (χ4n) is 0.477. The van der Waals surface area contributed by atoms with E-state index in [1.54, 1.807) is 0 Å². The maximum absolute atomic E-state index is 11.0. The van der Waals surface area contributed by atoms with Crippen molar-refractivity contribution >= 4 is 0 Å². The summed E-state index contributed by atoms with van der Waals surface area (Å²) in [6.45, 7) is 1.28. The summed E-state index contributed by atoms with van der Waals surface area (Å²) in [6, 6.07) is 0. The zero-order valence-electron chi connectivity index (χ0n) is 6.29. The van der Waals surface area contributed by atoms with Crippen molar-refractivity contribution in [3.63, 3.8) is 0 Å². The molecule has 0 aliphatic rings. The van der Waals surface area contributed by atoms with Gasteiger partial charge in [0.2, 0.25) is 0 Å². The van der Waals surface area contributed by atoms with Gasteiger partial charge in [0.1, 0.15) is 6.61 Å². The lowest BCUT2D eigenvalue weighted by Crippen LogP contribution is -2.09. The first-order chi connectivity index (χ1) is 5.41. The first-order valence-corrected chi connectivity index (χ1v) is 3.41. The van der Waals surface area contributed by atoms with Crippen molar-refractivity contribution < 1.29 is 24.0 Å². The van der Waals surface area contributed by atoms with Crippen LogP contribution in [0, 0.1) is 0 Å². The van der Waals surface area contributed by atoms with E-state index in [-0.39, 0.29) is 19.8 Å². The molecule has 0 bridgehead atoms. The number of hydrogen-bond donors (Lipinski definition) is 1. The second kappa shape index (κ2) is 9.77. The SMILES string of the molecule is OCCOCCOCCOF. The monoisotopic (exact) mass is 168 g/mol. The van der Waals surface area contributed by atoms with Gasteiger partial charge in [-0.25, -0.2) is 0 Å². The molecule has 0 amide bonds. The Morgan fingerprint density at radius 3 is 2.00 bits per heavy atom. The molecule has 0 heterocycles. The maximum atomic E-state index is 11.0. The number of hydrogen-bond acceptors (Lipinski definition) is 4. The van der Waals surface area contributed by atoms with Gasteiger partial charge in [-0.3, -0.25) is 0 Å². The largest absolute Gasteiger partial charge is 0.394 e. The second-order valence-corrected chi connectivity index (χ2v) is 1.76. The summed E-state index contributed by atoms with van der Waals surface area (Å²) in [6.07, 6.45) is 0. The van der Waals surface area contributed by atoms with Gasteiger partial charge in [0.15, 0.2) is 0 Å². The van der Waals surface area contributed by atoms with Gasteiger partial charge in [-0.2, -0.15) is 4.94 Å². The van der Waals surface area contributed by atoms with Crippen LogP contribution < -0.4 is 0 Å². The predicted octanol–water partition coefficient (Wildman–Crippen LogP) is -0.0870. The van der Waals surface area contributed by atoms with E-state index < -0.39 is 0 Å². The molecule has 0 aromatic rings. The van der Waals surface area contributed by atoms with E-state index in [1.807, 2.05) is 0 Å². The van der Waals surface area contributed by atoms with E-state index in [0.717, 1.165) is 0 Å². The van der Waals surface area contributed by atoms with Crippen molar-refractivity contribution in [3.05, 3.63) is 0 Å². The van der Waals surface area contributed by atoms with Gasteiger partial charge in [0.05, 0.1) is 33.0 Å². The summed E-state index contributed by atoms with van der Waals surface area (Å²) < 4.78 is 20.7. The Morgan fingerprint density at radius 1 is 0.909 bits per heavy atom. The van der Waals surface area contributed by atoms with Gasteiger partial charge in [-0.15, -0.1) is 0 Å². The minimum Gasteiger partial charge on any atom is -0.394 e. The number of aliphatic hydroxyl groups excluding tert-OH is 1. The Hall–Kier alpha value is -0.230. The Kier molecular flexibility index (Phi) is 9.57. The van der Waals surface area contributed by atoms with E-state index in [4.69, 9.17) is 14.6 Å². The standard InChI is InChI=1S/C6H13FO4/c7-11-6-5-10-4-3-9-2-1-8/h8H,1-6H2. The summed E-state index contributed by atoms with van der Waals surface area (Å²) in [4.78, 5) is 3.26. The molecule has 0 aromatic carbocycles. The lowest BCUT2D eigenvalue weighted by atomic mass is 10.7. The molecule has 0 aliphatic carbocycles. The average Bonchev–Trinajstić information content (AvgIpc) is 2.03. The normalized spacial score (nSPS) is 10.4. The first-order valence-electron chi connectivity index (χ1n) is 3.41. The van der Waals surface area contributed by atoms with Crippen LogP contribution in [-0.2, 0) is 14.4 Å². The topological polar surface area (TPSA) is 47.9 Å². The molecule has 68 valence electrons. The van der Waals surface area contributed by atoms with E-state index in [2.05, 4.69) is 4.94 Å². The summed E-state index contributed by atoms with van der Waals surface area (Å²) >= 11 is 0. The van der Waals surface area contributed by atoms with Crippen LogP contribution in [0.1, 0.15) is 0 Å². The number of aliphatic hydroxyl groups is 1. The molecule has 0 aliphatic heterocycles. The lowest BCUT2D eigenvalue weighted by molar-refractivity contribution is -0.147. The second-order valence-electron chi connectivity index (χ2n) is 1.76. The van der Waals surface area contributed by atoms with Gasteiger partial charge < -0.3 is 14.6 Å². The Bertz CT molecular complexity index is 63.6. The third kappa shape index (κ3) is 9.77. The average molecular weight is 168 g/mol. The first kappa shape index (κ1) is 10.8. The van der Waals surface area contributed by atoms with Crippen LogP contribution in [0.2, 0.25) is 0 Å². The minimum atomic E-state index is -0.0556. The molecule has 0 saturated carbocycles. The molecule has 0 saturated heterocycles. The fraction of sp³-hybridized carbons (Fsp3) is 1.00. The third-order valence-electron chi connectivity index (χ3n) is 0.912. The van der Waals surface area contributed by atoms with E-state index in [1.165, 1.54) is 0 Å². The molecule has 11 heavy (non-hydrogen) atoms. The molecule has 0 rings (SSSR count). The van der Waals surface area contributed by atoms with Crippen molar-refractivity contribution in [1.29, 1.82) is 0 Å². The summed E-state index contributed by atoms with van der Waals surface area (Å²) in [7, 11) is 0. The van der Waals surface area contributed by atoms with E-state index >= 15 is 0 Å². The Morgan fingerprint density at radius 2 is 1.45 bits per heavy atom. The van der Waals surface area contributed by atoms with Crippen molar-refractivity contribution in [2.75, 3.05) is 39.6 Å². The van der Waals surface area contributed by atoms with Crippen molar-refractivity contribution in [1.82, 2.24) is 0 Å². The highest BCUT2D eigenvalue weighted by molar-refractivity contribution is 4.30. The summed E-state index contributed by atoms with van der Waals surface area (Å²) in [5.74, 6) is 0. The molecule has 1 N–H and O–H groups in total. The molecule has 0 fully saturated rings. The van der Waals surface area contributed by atoms with Crippen LogP contribution in [0.15, 0.2) is 0 Å². The molecule has 0 atom stereocenters. The zero-order valence-corrected chi connectivity index (χ0v) is 6.29. The Labute approximate surface area is 64.8 Å². The maximum Gasteiger partial charge on any atom is 0.111 e. The van der Waals surface area contributed by atoms with Crippen LogP contribution in [-0.4, -0.2) is 44.7 Å². The van der Waals surface area contributed by atoms with Crippen LogP contribution in [0.4, 0.5) is 4.53 Å². The molecule has 0 unspecified atom stereocenters. The molecule has 0 radical (unpaired) electrons. The Balaban J connectivity index is 2.69. The van der Waals surface area contributed by atoms with E-state index in [9.17, 15) is 4.53 Å². The summed E-state index contributed by atoms with van der Waals surface area (Å²) in [5, 5.41) is 8.27. The third-order valence-corrected chi connectivity index (χ3v) is 0.912. The highest BCUT2D eigenvalue weighted by Gasteiger charge is 1.89. The van der Waals surface area contributed by atoms with Crippen LogP contribution in [0.5, 0.6) is 0 Å². The van der Waals surface area contributed by atoms with Crippen LogP contribution in [0.3, 0.4) is 0 Å². The molecule has 0 aromatic heterocycles. The van der Waals surface area contributed by atoms with Crippen molar-refractivity contribution in [3.8, 4) is 0 Å². The van der Waals surface area contributed by atoms with Gasteiger partial charge in [-0.05, 0) is 4.53 Å². The molecular weight excluding hydrogens is 155 g/mol. The van der Waals surface area contributed by atoms with Crippen molar-refractivity contribution in [2.24, 2.45) is 0 Å². The van der Waals surface area contributed by atoms with Gasteiger partial charge >= 0.3 is 0 Å². The predicted molar refractivity (Wildman–Crippen MR) is 35.8 cm³/mol. The van der Waals surface area contributed by atoms with Crippen LogP contribution >= 0.6 is 0 Å². The van der Waals surface area contributed by atoms with Crippen molar-refractivity contribution in [2.45, 2.75) is 0 Å². The number of ether oxygens (including phenoxy) is 2. The fourth-order valence-corrected chi connectivity index (χ4v) is 0.477. The number of halogens is 1. The van der Waals surface area contributed by atoms with Crippen LogP contribution in [0.25, 0.3) is 0 Å². The van der Waals surface area contributed by atoms with Gasteiger partial charge in [0, 0.05) is 0 Å². The summed E-state index contributed by atoms with van der Waals surface area (Å²) in [5.41, 5.74) is 0. The zero-order chi connectivity index (χ0) is 8.36. The smallest absolute Gasteiger partial charge is 0.111 e. The molecular formula is C6H13FO4. The number of rotatable bonds is 8. The lowest BCUT2D eigenvalue weighted by Gasteiger charge is -2.02. The van der Waals surface area contributed by atoms with Gasteiger partial charge in [0.25, 0.3) is 0 Å². The highest BCUT2D eigenvalue weighted by Crippen LogP contribution is 1.79.